The maximum Gasteiger partial charge on any atom is 0.253 e. The number of hydrogen-bond donors (Lipinski definition) is 2. The van der Waals surface area contributed by atoms with E-state index in [1.54, 1.807) is 42.3 Å². The fourth-order valence-electron chi connectivity index (χ4n) is 3.02. The molecule has 2 amide bonds. The summed E-state index contributed by atoms with van der Waals surface area (Å²) in [7, 11) is 0. The molecule has 0 aliphatic carbocycles. The van der Waals surface area contributed by atoms with E-state index < -0.39 is 12.1 Å². The first kappa shape index (κ1) is 18.4. The van der Waals surface area contributed by atoms with E-state index in [4.69, 9.17) is 11.6 Å². The molecule has 1 aliphatic rings. The molecule has 0 unspecified atom stereocenters. The van der Waals surface area contributed by atoms with Crippen LogP contribution in [-0.4, -0.2) is 56.8 Å². The van der Waals surface area contributed by atoms with Gasteiger partial charge >= 0.3 is 0 Å². The van der Waals surface area contributed by atoms with Crippen LogP contribution in [0.25, 0.3) is 0 Å². The van der Waals surface area contributed by atoms with Crippen LogP contribution >= 0.6 is 11.6 Å². The zero-order chi connectivity index (χ0) is 18.7. The average Bonchev–Trinajstić information content (AvgIpc) is 2.94. The quantitative estimate of drug-likeness (QED) is 0.840. The van der Waals surface area contributed by atoms with Gasteiger partial charge in [-0.25, -0.2) is 0 Å². The molecule has 2 N–H and O–H groups in total. The maximum atomic E-state index is 12.5. The van der Waals surface area contributed by atoms with E-state index in [0.29, 0.717) is 29.2 Å². The van der Waals surface area contributed by atoms with E-state index in [2.05, 4.69) is 10.4 Å². The topological polar surface area (TPSA) is 87.5 Å². The van der Waals surface area contributed by atoms with Gasteiger partial charge in [-0.3, -0.25) is 14.3 Å². The Balaban J connectivity index is 1.54. The van der Waals surface area contributed by atoms with Crippen molar-refractivity contribution < 1.29 is 14.7 Å². The molecule has 7 nitrogen and oxygen atoms in total. The highest BCUT2D eigenvalue weighted by molar-refractivity contribution is 6.31. The monoisotopic (exact) mass is 376 g/mol. The molecular formula is C18H21ClN4O3. The van der Waals surface area contributed by atoms with Crippen LogP contribution in [0.4, 0.5) is 0 Å². The fourth-order valence-corrected chi connectivity index (χ4v) is 3.17. The van der Waals surface area contributed by atoms with Gasteiger partial charge in [0, 0.05) is 24.8 Å². The molecule has 2 heterocycles. The summed E-state index contributed by atoms with van der Waals surface area (Å²) in [5.41, 5.74) is 1.25. The summed E-state index contributed by atoms with van der Waals surface area (Å²) in [5, 5.41) is 17.8. The van der Waals surface area contributed by atoms with Gasteiger partial charge in [-0.15, -0.1) is 0 Å². The third-order valence-electron chi connectivity index (χ3n) is 4.43. The third-order valence-corrected chi connectivity index (χ3v) is 4.80. The molecule has 26 heavy (non-hydrogen) atoms. The molecule has 0 saturated carbocycles. The van der Waals surface area contributed by atoms with Crippen molar-refractivity contribution in [1.82, 2.24) is 20.0 Å². The molecule has 1 aromatic carbocycles. The van der Waals surface area contributed by atoms with Gasteiger partial charge in [-0.2, -0.15) is 5.10 Å². The number of rotatable bonds is 4. The number of amides is 2. The highest BCUT2D eigenvalue weighted by Gasteiger charge is 2.31. The largest absolute Gasteiger partial charge is 0.389 e. The predicted octanol–water partition coefficient (Wildman–Crippen LogP) is 1.24. The first-order chi connectivity index (χ1) is 12.4. The van der Waals surface area contributed by atoms with Crippen molar-refractivity contribution in [2.45, 2.75) is 32.0 Å². The number of aromatic nitrogens is 2. The molecule has 0 spiro atoms. The molecule has 3 rings (SSSR count). The van der Waals surface area contributed by atoms with Crippen LogP contribution in [0.2, 0.25) is 5.02 Å². The van der Waals surface area contributed by atoms with Crippen molar-refractivity contribution in [3.63, 3.8) is 0 Å². The smallest absolute Gasteiger partial charge is 0.253 e. The number of benzene rings is 1. The highest BCUT2D eigenvalue weighted by Crippen LogP contribution is 2.15. The van der Waals surface area contributed by atoms with Gasteiger partial charge < -0.3 is 15.3 Å². The lowest BCUT2D eigenvalue weighted by Gasteiger charge is -2.36. The summed E-state index contributed by atoms with van der Waals surface area (Å²) >= 11 is 5.93. The summed E-state index contributed by atoms with van der Waals surface area (Å²) in [6.45, 7) is 2.46. The van der Waals surface area contributed by atoms with E-state index in [1.807, 2.05) is 6.07 Å². The minimum absolute atomic E-state index is 0.0312. The number of aliphatic hydroxyl groups is 1. The number of carbonyl (C=O) groups excluding carboxylic acids is 2. The van der Waals surface area contributed by atoms with Gasteiger partial charge in [0.2, 0.25) is 5.91 Å². The third kappa shape index (κ3) is 4.23. The Morgan fingerprint density at radius 1 is 1.35 bits per heavy atom. The molecule has 0 radical (unpaired) electrons. The number of likely N-dealkylation sites (tertiary alicyclic amines) is 1. The van der Waals surface area contributed by atoms with Crippen molar-refractivity contribution >= 4 is 23.4 Å². The van der Waals surface area contributed by atoms with Gasteiger partial charge in [0.15, 0.2) is 0 Å². The van der Waals surface area contributed by atoms with Gasteiger partial charge in [-0.1, -0.05) is 29.8 Å². The number of piperidine rings is 1. The summed E-state index contributed by atoms with van der Waals surface area (Å²) in [6, 6.07) is 8.57. The number of halogens is 1. The Labute approximate surface area is 156 Å². The lowest BCUT2D eigenvalue weighted by atomic mass is 10.0. The van der Waals surface area contributed by atoms with Gasteiger partial charge in [0.25, 0.3) is 5.91 Å². The zero-order valence-corrected chi connectivity index (χ0v) is 15.2. The Bertz CT molecular complexity index is 773. The fraction of sp³-hybridized carbons (Fsp3) is 0.389. The predicted molar refractivity (Wildman–Crippen MR) is 96.9 cm³/mol. The molecule has 0 bridgehead atoms. The molecule has 2 atom stereocenters. The Morgan fingerprint density at radius 3 is 2.69 bits per heavy atom. The summed E-state index contributed by atoms with van der Waals surface area (Å²) in [5.74, 6) is -0.368. The molecule has 8 heteroatoms. The molecule has 1 aromatic heterocycles. The van der Waals surface area contributed by atoms with Crippen LogP contribution in [0.15, 0.2) is 36.5 Å². The van der Waals surface area contributed by atoms with Crippen LogP contribution in [-0.2, 0) is 11.3 Å². The second kappa shape index (κ2) is 7.88. The van der Waals surface area contributed by atoms with Gasteiger partial charge in [-0.05, 0) is 25.5 Å². The van der Waals surface area contributed by atoms with Crippen molar-refractivity contribution in [1.29, 1.82) is 0 Å². The average molecular weight is 377 g/mol. The van der Waals surface area contributed by atoms with Gasteiger partial charge in [0.05, 0.1) is 22.9 Å². The Hall–Kier alpha value is -2.38. The molecule has 1 aliphatic heterocycles. The molecular weight excluding hydrogens is 356 g/mol. The van der Waals surface area contributed by atoms with Crippen molar-refractivity contribution in [3.05, 3.63) is 52.8 Å². The summed E-state index contributed by atoms with van der Waals surface area (Å²) in [4.78, 5) is 26.2. The normalized spacial score (nSPS) is 20.0. The van der Waals surface area contributed by atoms with E-state index in [9.17, 15) is 14.7 Å². The lowest BCUT2D eigenvalue weighted by Crippen LogP contribution is -2.55. The van der Waals surface area contributed by atoms with Crippen LogP contribution in [0.3, 0.4) is 0 Å². The number of hydrogen-bond acceptors (Lipinski definition) is 4. The van der Waals surface area contributed by atoms with Crippen LogP contribution in [0.1, 0.15) is 22.5 Å². The van der Waals surface area contributed by atoms with Crippen molar-refractivity contribution in [3.8, 4) is 0 Å². The number of nitrogens with one attached hydrogen (secondary N) is 1. The lowest BCUT2D eigenvalue weighted by molar-refractivity contribution is -0.124. The summed E-state index contributed by atoms with van der Waals surface area (Å²) < 4.78 is 1.47. The van der Waals surface area contributed by atoms with Crippen LogP contribution < -0.4 is 5.32 Å². The standard InChI is InChI=1S/C18H21ClN4O3/c1-12-14(19)9-23(21-12)11-17(25)20-15-7-8-22(10-16(15)24)18(26)13-5-3-2-4-6-13/h2-6,9,15-16,24H,7-8,10-11H2,1H3,(H,20,25)/t15-,16-/m1/s1. The SMILES string of the molecule is Cc1nn(CC(=O)N[C@@H]2CCN(C(=O)c3ccccc3)C[C@H]2O)cc1Cl. The van der Waals surface area contributed by atoms with E-state index in [-0.39, 0.29) is 24.9 Å². The number of nitrogens with zero attached hydrogens (tertiary/aromatic N) is 3. The molecule has 138 valence electrons. The first-order valence-corrected chi connectivity index (χ1v) is 8.83. The second-order valence-electron chi connectivity index (χ2n) is 6.41. The Morgan fingerprint density at radius 2 is 2.08 bits per heavy atom. The first-order valence-electron chi connectivity index (χ1n) is 8.45. The number of aryl methyl sites for hydroxylation is 1. The van der Waals surface area contributed by atoms with E-state index in [1.165, 1.54) is 4.68 Å². The minimum Gasteiger partial charge on any atom is -0.389 e. The number of aliphatic hydroxyl groups excluding tert-OH is 1. The summed E-state index contributed by atoms with van der Waals surface area (Å²) in [6.07, 6.45) is 1.27. The van der Waals surface area contributed by atoms with Crippen LogP contribution in [0.5, 0.6) is 0 Å². The molecule has 2 aromatic rings. The zero-order valence-electron chi connectivity index (χ0n) is 14.4. The van der Waals surface area contributed by atoms with Crippen molar-refractivity contribution in [2.24, 2.45) is 0 Å². The molecule has 1 saturated heterocycles. The Kier molecular flexibility index (Phi) is 5.58. The maximum absolute atomic E-state index is 12.5. The number of β-amino-alcohol motifs (C(OH)–C–C–N with tert-alkyl or cyclic N) is 1. The van der Waals surface area contributed by atoms with Gasteiger partial charge in [0.1, 0.15) is 6.54 Å². The second-order valence-corrected chi connectivity index (χ2v) is 6.81. The van der Waals surface area contributed by atoms with E-state index in [0.717, 1.165) is 0 Å². The highest BCUT2D eigenvalue weighted by atomic mass is 35.5. The van der Waals surface area contributed by atoms with E-state index >= 15 is 0 Å². The number of carbonyl (C=O) groups is 2. The van der Waals surface area contributed by atoms with Crippen LogP contribution in [0, 0.1) is 6.92 Å². The minimum atomic E-state index is -0.816. The molecule has 1 fully saturated rings. The van der Waals surface area contributed by atoms with Crippen molar-refractivity contribution in [2.75, 3.05) is 13.1 Å².